The Bertz CT molecular complexity index is 492. The van der Waals surface area contributed by atoms with Crippen LogP contribution in [0.4, 0.5) is 0 Å². The number of piperidine rings is 1. The van der Waals surface area contributed by atoms with E-state index in [2.05, 4.69) is 34.7 Å². The molecule has 2 atom stereocenters. The zero-order valence-electron chi connectivity index (χ0n) is 19.0. The van der Waals surface area contributed by atoms with Crippen molar-refractivity contribution in [1.29, 1.82) is 0 Å². The van der Waals surface area contributed by atoms with Gasteiger partial charge >= 0.3 is 0 Å². The molecule has 2 aliphatic rings. The third-order valence-electron chi connectivity index (χ3n) is 6.12. The van der Waals surface area contributed by atoms with Crippen LogP contribution >= 0.6 is 24.0 Å². The Kier molecular flexibility index (Phi) is 13.2. The van der Waals surface area contributed by atoms with E-state index in [0.29, 0.717) is 6.04 Å². The minimum Gasteiger partial charge on any atom is -0.357 e. The van der Waals surface area contributed by atoms with Gasteiger partial charge in [0.05, 0.1) is 0 Å². The zero-order valence-corrected chi connectivity index (χ0v) is 21.3. The van der Waals surface area contributed by atoms with Crippen LogP contribution in [0.15, 0.2) is 4.99 Å². The molecular weight excluding hydrogens is 477 g/mol. The van der Waals surface area contributed by atoms with Crippen LogP contribution in [0.3, 0.4) is 0 Å². The quantitative estimate of drug-likeness (QED) is 0.260. The molecular formula is C22H44IN5O. The summed E-state index contributed by atoms with van der Waals surface area (Å²) in [6.07, 6.45) is 7.91. The summed E-state index contributed by atoms with van der Waals surface area (Å²) >= 11 is 0. The first-order valence-corrected chi connectivity index (χ1v) is 11.6. The fourth-order valence-electron chi connectivity index (χ4n) is 4.43. The molecule has 1 aliphatic carbocycles. The molecule has 6 nitrogen and oxygen atoms in total. The molecule has 2 fully saturated rings. The summed E-state index contributed by atoms with van der Waals surface area (Å²) in [6, 6.07) is 0.547. The molecule has 0 bridgehead atoms. The van der Waals surface area contributed by atoms with E-state index in [4.69, 9.17) is 4.99 Å². The second kappa shape index (κ2) is 14.4. The molecule has 1 saturated carbocycles. The second-order valence-electron chi connectivity index (χ2n) is 8.80. The first-order valence-electron chi connectivity index (χ1n) is 11.6. The van der Waals surface area contributed by atoms with Crippen LogP contribution in [0.2, 0.25) is 0 Å². The van der Waals surface area contributed by atoms with Crippen molar-refractivity contribution in [3.63, 3.8) is 0 Å². The van der Waals surface area contributed by atoms with E-state index in [-0.39, 0.29) is 41.8 Å². The van der Waals surface area contributed by atoms with Crippen molar-refractivity contribution < 1.29 is 4.79 Å². The van der Waals surface area contributed by atoms with Gasteiger partial charge in [-0.2, -0.15) is 0 Å². The molecule has 0 aromatic rings. The lowest BCUT2D eigenvalue weighted by molar-refractivity contribution is -0.126. The lowest BCUT2D eigenvalue weighted by Gasteiger charge is -2.31. The smallest absolute Gasteiger partial charge is 0.223 e. The predicted molar refractivity (Wildman–Crippen MR) is 133 cm³/mol. The Balaban J connectivity index is 0.00000420. The lowest BCUT2D eigenvalue weighted by Crippen LogP contribution is -2.47. The molecule has 3 N–H and O–H groups in total. The Labute approximate surface area is 195 Å². The summed E-state index contributed by atoms with van der Waals surface area (Å²) in [4.78, 5) is 19.8. The fourth-order valence-corrected chi connectivity index (χ4v) is 4.43. The second-order valence-corrected chi connectivity index (χ2v) is 8.80. The van der Waals surface area contributed by atoms with Crippen LogP contribution in [0, 0.1) is 11.8 Å². The number of hydrogen-bond acceptors (Lipinski definition) is 3. The average molecular weight is 522 g/mol. The molecule has 1 heterocycles. The van der Waals surface area contributed by atoms with Crippen LogP contribution in [-0.4, -0.2) is 61.6 Å². The van der Waals surface area contributed by atoms with Gasteiger partial charge in [-0.15, -0.1) is 24.0 Å². The molecule has 1 saturated heterocycles. The zero-order chi connectivity index (χ0) is 20.4. The third kappa shape index (κ3) is 9.85. The van der Waals surface area contributed by atoms with Gasteiger partial charge in [0, 0.05) is 31.1 Å². The first kappa shape index (κ1) is 26.5. The maximum atomic E-state index is 12.4. The number of aliphatic imine (C=N–C) groups is 1. The van der Waals surface area contributed by atoms with Gasteiger partial charge in [-0.25, -0.2) is 0 Å². The first-order chi connectivity index (χ1) is 13.5. The lowest BCUT2D eigenvalue weighted by atomic mass is 9.85. The SMILES string of the molecule is CCNC(=NCCC1CCN(CC)CC1)NC1CCCC(C(=O)NC(C)C)C1.I. The number of likely N-dealkylation sites (tertiary alicyclic amines) is 1. The van der Waals surface area contributed by atoms with E-state index in [9.17, 15) is 4.79 Å². The molecule has 2 unspecified atom stereocenters. The summed E-state index contributed by atoms with van der Waals surface area (Å²) < 4.78 is 0. The highest BCUT2D eigenvalue weighted by Crippen LogP contribution is 2.25. The molecule has 1 amide bonds. The molecule has 170 valence electrons. The topological polar surface area (TPSA) is 68.8 Å². The van der Waals surface area contributed by atoms with E-state index in [1.165, 1.54) is 38.9 Å². The van der Waals surface area contributed by atoms with Crippen LogP contribution in [-0.2, 0) is 4.79 Å². The van der Waals surface area contributed by atoms with Gasteiger partial charge in [0.2, 0.25) is 5.91 Å². The Morgan fingerprint density at radius 2 is 1.86 bits per heavy atom. The number of guanidine groups is 1. The highest BCUT2D eigenvalue weighted by molar-refractivity contribution is 14.0. The number of halogens is 1. The monoisotopic (exact) mass is 521 g/mol. The largest absolute Gasteiger partial charge is 0.357 e. The van der Waals surface area contributed by atoms with Crippen molar-refractivity contribution in [3.8, 4) is 0 Å². The van der Waals surface area contributed by atoms with E-state index < -0.39 is 0 Å². The van der Waals surface area contributed by atoms with Gasteiger partial charge in [-0.1, -0.05) is 13.3 Å². The van der Waals surface area contributed by atoms with Gasteiger partial charge in [-0.05, 0) is 84.8 Å². The minimum absolute atomic E-state index is 0. The fraction of sp³-hybridized carbons (Fsp3) is 0.909. The maximum Gasteiger partial charge on any atom is 0.223 e. The van der Waals surface area contributed by atoms with Crippen molar-refractivity contribution in [3.05, 3.63) is 0 Å². The van der Waals surface area contributed by atoms with E-state index >= 15 is 0 Å². The van der Waals surface area contributed by atoms with E-state index in [0.717, 1.165) is 50.7 Å². The Morgan fingerprint density at radius 1 is 1.14 bits per heavy atom. The molecule has 0 radical (unpaired) electrons. The third-order valence-corrected chi connectivity index (χ3v) is 6.12. The number of carbonyl (C=O) groups is 1. The molecule has 1 aliphatic heterocycles. The molecule has 29 heavy (non-hydrogen) atoms. The number of amides is 1. The van der Waals surface area contributed by atoms with E-state index in [1.54, 1.807) is 0 Å². The molecule has 0 aromatic carbocycles. The van der Waals surface area contributed by atoms with Gasteiger partial charge in [-0.3, -0.25) is 9.79 Å². The number of carbonyl (C=O) groups excluding carboxylic acids is 1. The van der Waals surface area contributed by atoms with Crippen molar-refractivity contribution in [2.24, 2.45) is 16.8 Å². The highest BCUT2D eigenvalue weighted by Gasteiger charge is 2.28. The molecule has 2 rings (SSSR count). The van der Waals surface area contributed by atoms with Crippen molar-refractivity contribution in [1.82, 2.24) is 20.9 Å². The van der Waals surface area contributed by atoms with Crippen LogP contribution in [0.1, 0.15) is 72.6 Å². The molecule has 0 aromatic heterocycles. The Morgan fingerprint density at radius 3 is 2.48 bits per heavy atom. The van der Waals surface area contributed by atoms with Crippen LogP contribution in [0.5, 0.6) is 0 Å². The maximum absolute atomic E-state index is 12.4. The standard InChI is InChI=1S/C22H43N5O.HI/c1-5-23-22(24-13-10-18-11-14-27(6-2)15-12-18)26-20-9-7-8-19(16-20)21(28)25-17(3)4;/h17-20H,5-16H2,1-4H3,(H,25,28)(H2,23,24,26);1H. The molecule has 0 spiro atoms. The summed E-state index contributed by atoms with van der Waals surface area (Å²) in [5.41, 5.74) is 0. The van der Waals surface area contributed by atoms with Gasteiger partial charge in [0.1, 0.15) is 0 Å². The Hall–Kier alpha value is -0.570. The van der Waals surface area contributed by atoms with Gasteiger partial charge in [0.25, 0.3) is 0 Å². The summed E-state index contributed by atoms with van der Waals surface area (Å²) in [5.74, 6) is 2.07. The van der Waals surface area contributed by atoms with Crippen molar-refractivity contribution >= 4 is 35.8 Å². The molecule has 7 heteroatoms. The summed E-state index contributed by atoms with van der Waals surface area (Å²) in [6.45, 7) is 13.8. The average Bonchev–Trinajstić information content (AvgIpc) is 2.68. The van der Waals surface area contributed by atoms with Crippen LogP contribution in [0.25, 0.3) is 0 Å². The highest BCUT2D eigenvalue weighted by atomic mass is 127. The van der Waals surface area contributed by atoms with Crippen molar-refractivity contribution in [2.45, 2.75) is 84.7 Å². The number of nitrogens with one attached hydrogen (secondary N) is 3. The van der Waals surface area contributed by atoms with Gasteiger partial charge in [0.15, 0.2) is 5.96 Å². The number of hydrogen-bond donors (Lipinski definition) is 3. The number of rotatable bonds is 8. The summed E-state index contributed by atoms with van der Waals surface area (Å²) in [7, 11) is 0. The minimum atomic E-state index is 0. The van der Waals surface area contributed by atoms with E-state index in [1.807, 2.05) is 13.8 Å². The number of nitrogens with zero attached hydrogens (tertiary/aromatic N) is 2. The van der Waals surface area contributed by atoms with Crippen molar-refractivity contribution in [2.75, 3.05) is 32.7 Å². The van der Waals surface area contributed by atoms with Crippen LogP contribution < -0.4 is 16.0 Å². The predicted octanol–water partition coefficient (Wildman–Crippen LogP) is 3.36. The van der Waals surface area contributed by atoms with Gasteiger partial charge < -0.3 is 20.9 Å². The summed E-state index contributed by atoms with van der Waals surface area (Å²) in [5, 5.41) is 10.1. The normalized spacial score (nSPS) is 24.1.